The van der Waals surface area contributed by atoms with Gasteiger partial charge < -0.3 is 14.7 Å². The highest BCUT2D eigenvalue weighted by Gasteiger charge is 2.46. The molecule has 194 valence electrons. The van der Waals surface area contributed by atoms with Crippen LogP contribution in [-0.4, -0.2) is 78.9 Å². The van der Waals surface area contributed by atoms with Gasteiger partial charge in [-0.2, -0.15) is 8.78 Å². The summed E-state index contributed by atoms with van der Waals surface area (Å²) >= 11 is 0. The third-order valence-corrected chi connectivity index (χ3v) is 7.76. The van der Waals surface area contributed by atoms with Crippen molar-refractivity contribution < 1.29 is 23.4 Å². The fourth-order valence-corrected chi connectivity index (χ4v) is 6.08. The van der Waals surface area contributed by atoms with Crippen LogP contribution in [0.15, 0.2) is 43.0 Å². The second kappa shape index (κ2) is 7.98. The van der Waals surface area contributed by atoms with Crippen molar-refractivity contribution in [1.29, 1.82) is 0 Å². The third kappa shape index (κ3) is 3.26. The summed E-state index contributed by atoms with van der Waals surface area (Å²) in [5, 5.41) is 10.7. The Hall–Kier alpha value is -4.03. The Balaban J connectivity index is 1.34. The lowest BCUT2D eigenvalue weighted by molar-refractivity contribution is -0.0981. The summed E-state index contributed by atoms with van der Waals surface area (Å²) in [6.45, 7) is -2.08. The SMILES string of the molecule is CN1CC(O)(c2ncc(-c3cnc4nc5c(n4c3)C3CC5N(C)C(=O)c4cccc(OC(F)F)c43)cn2)C1. The maximum atomic E-state index is 13.3. The lowest BCUT2D eigenvalue weighted by atomic mass is 9.91. The third-order valence-electron chi connectivity index (χ3n) is 7.76. The van der Waals surface area contributed by atoms with Crippen molar-refractivity contribution in [3.8, 4) is 16.9 Å². The minimum absolute atomic E-state index is 0.0135. The molecule has 0 saturated carbocycles. The van der Waals surface area contributed by atoms with Gasteiger partial charge in [0.15, 0.2) is 5.82 Å². The highest BCUT2D eigenvalue weighted by molar-refractivity contribution is 5.98. The van der Waals surface area contributed by atoms with Gasteiger partial charge in [0.2, 0.25) is 5.78 Å². The molecule has 1 N–H and O–H groups in total. The number of carbonyl (C=O) groups excluding carboxylic acids is 1. The number of hydrogen-bond acceptors (Lipinski definition) is 8. The first kappa shape index (κ1) is 23.1. The van der Waals surface area contributed by atoms with Gasteiger partial charge in [0, 0.05) is 73.1 Å². The molecule has 0 spiro atoms. The van der Waals surface area contributed by atoms with E-state index in [4.69, 9.17) is 9.72 Å². The number of rotatable bonds is 4. The molecule has 4 aromatic rings. The zero-order chi connectivity index (χ0) is 26.3. The smallest absolute Gasteiger partial charge is 0.387 e. The van der Waals surface area contributed by atoms with Gasteiger partial charge in [-0.15, -0.1) is 0 Å². The fourth-order valence-electron chi connectivity index (χ4n) is 6.08. The van der Waals surface area contributed by atoms with E-state index in [-0.39, 0.29) is 17.7 Å². The van der Waals surface area contributed by atoms with Gasteiger partial charge in [-0.05, 0) is 25.6 Å². The van der Waals surface area contributed by atoms with Gasteiger partial charge in [0.25, 0.3) is 5.91 Å². The number of aliphatic hydroxyl groups is 1. The van der Waals surface area contributed by atoms with Gasteiger partial charge >= 0.3 is 6.61 Å². The molecule has 1 aromatic carbocycles. The van der Waals surface area contributed by atoms with Crippen LogP contribution in [0.2, 0.25) is 0 Å². The second-order valence-corrected chi connectivity index (χ2v) is 10.2. The number of nitrogens with zero attached hydrogens (tertiary/aromatic N) is 7. The maximum absolute atomic E-state index is 13.3. The number of fused-ring (bicyclic) bond motifs is 9. The summed E-state index contributed by atoms with van der Waals surface area (Å²) < 4.78 is 33.3. The lowest BCUT2D eigenvalue weighted by Gasteiger charge is -2.42. The zero-order valence-corrected chi connectivity index (χ0v) is 20.5. The average molecular weight is 520 g/mol. The van der Waals surface area contributed by atoms with Crippen molar-refractivity contribution in [2.24, 2.45) is 0 Å². The Kier molecular flexibility index (Phi) is 4.86. The number of likely N-dealkylation sites (tertiary alicyclic amines) is 1. The van der Waals surface area contributed by atoms with Crippen LogP contribution in [0.5, 0.6) is 5.75 Å². The first-order chi connectivity index (χ1) is 18.2. The summed E-state index contributed by atoms with van der Waals surface area (Å²) in [6, 6.07) is 4.34. The molecule has 1 aliphatic carbocycles. The largest absolute Gasteiger partial charge is 0.434 e. The van der Waals surface area contributed by atoms with Crippen molar-refractivity contribution in [2.45, 2.75) is 30.6 Å². The molecule has 1 fully saturated rings. The number of alkyl halides is 2. The normalized spacial score (nSPS) is 21.8. The Morgan fingerprint density at radius 1 is 1.11 bits per heavy atom. The fraction of sp³-hybridized carbons (Fsp3) is 0.346. The molecule has 0 radical (unpaired) electrons. The van der Waals surface area contributed by atoms with Crippen LogP contribution in [0.25, 0.3) is 16.9 Å². The van der Waals surface area contributed by atoms with E-state index in [1.807, 2.05) is 22.5 Å². The number of imidazole rings is 1. The number of likely N-dealkylation sites (N-methyl/N-ethyl adjacent to an activating group) is 1. The number of hydrogen-bond donors (Lipinski definition) is 1. The van der Waals surface area contributed by atoms with E-state index >= 15 is 0 Å². The summed E-state index contributed by atoms with van der Waals surface area (Å²) in [6.07, 6.45) is 7.33. The van der Waals surface area contributed by atoms with Gasteiger partial charge in [-0.1, -0.05) is 6.07 Å². The molecular weight excluding hydrogens is 496 g/mol. The molecule has 1 amide bonds. The van der Waals surface area contributed by atoms with E-state index in [1.165, 1.54) is 6.07 Å². The lowest BCUT2D eigenvalue weighted by Crippen LogP contribution is -2.58. The molecule has 3 aliphatic rings. The summed E-state index contributed by atoms with van der Waals surface area (Å²) in [5.74, 6) is 0.136. The van der Waals surface area contributed by atoms with Crippen molar-refractivity contribution in [1.82, 2.24) is 34.1 Å². The van der Waals surface area contributed by atoms with Crippen LogP contribution < -0.4 is 4.74 Å². The highest BCUT2D eigenvalue weighted by Crippen LogP contribution is 2.52. The summed E-state index contributed by atoms with van der Waals surface area (Å²) in [7, 11) is 3.61. The Labute approximate surface area is 215 Å². The van der Waals surface area contributed by atoms with E-state index in [0.29, 0.717) is 53.5 Å². The summed E-state index contributed by atoms with van der Waals surface area (Å²) in [4.78, 5) is 34.9. The highest BCUT2D eigenvalue weighted by atomic mass is 19.3. The van der Waals surface area contributed by atoms with Crippen molar-refractivity contribution in [3.63, 3.8) is 0 Å². The van der Waals surface area contributed by atoms with Crippen LogP contribution in [-0.2, 0) is 5.60 Å². The number of carbonyl (C=O) groups is 1. The molecule has 1 saturated heterocycles. The molecule has 2 bridgehead atoms. The minimum Gasteiger partial charge on any atom is -0.434 e. The molecule has 5 heterocycles. The topological polar surface area (TPSA) is 109 Å². The molecule has 7 rings (SSSR count). The van der Waals surface area contributed by atoms with Crippen LogP contribution in [0.3, 0.4) is 0 Å². The van der Waals surface area contributed by atoms with Crippen LogP contribution in [0, 0.1) is 0 Å². The molecule has 12 heteroatoms. The van der Waals surface area contributed by atoms with Crippen molar-refractivity contribution in [3.05, 3.63) is 71.3 Å². The quantitative estimate of drug-likeness (QED) is 0.438. The van der Waals surface area contributed by atoms with E-state index in [9.17, 15) is 18.7 Å². The maximum Gasteiger partial charge on any atom is 0.387 e. The van der Waals surface area contributed by atoms with Crippen LogP contribution in [0.4, 0.5) is 8.78 Å². The predicted molar refractivity (Wildman–Crippen MR) is 130 cm³/mol. The minimum atomic E-state index is -3.02. The van der Waals surface area contributed by atoms with Gasteiger partial charge in [0.05, 0.1) is 17.4 Å². The van der Waals surface area contributed by atoms with Gasteiger partial charge in [-0.3, -0.25) is 14.1 Å². The second-order valence-electron chi connectivity index (χ2n) is 10.2. The van der Waals surface area contributed by atoms with Gasteiger partial charge in [0.1, 0.15) is 11.4 Å². The Bertz CT molecular complexity index is 1600. The van der Waals surface area contributed by atoms with Gasteiger partial charge in [-0.25, -0.2) is 19.9 Å². The molecular formula is C26H23F2N7O3. The average Bonchev–Trinajstić information content (AvgIpc) is 3.40. The number of aromatic nitrogens is 5. The number of halogens is 2. The van der Waals surface area contributed by atoms with E-state index in [1.54, 1.807) is 42.7 Å². The van der Waals surface area contributed by atoms with E-state index in [2.05, 4.69) is 15.0 Å². The van der Waals surface area contributed by atoms with E-state index in [0.717, 1.165) is 11.3 Å². The predicted octanol–water partition coefficient (Wildman–Crippen LogP) is 2.58. The molecule has 38 heavy (non-hydrogen) atoms. The number of β-amino-alcohol motifs (C(OH)–C–C–N with tert-alkyl or cyclic N) is 1. The van der Waals surface area contributed by atoms with Crippen molar-refractivity contribution >= 4 is 11.7 Å². The standard InChI is InChI=1S/C26H23F2N7O3/c1-33-11-26(37,12-33)23-29-7-13(8-30-23)14-9-31-25-32-20-17-6-16(21(20)35(25)10-14)19-15(22(36)34(17)2)4-3-5-18(19)38-24(27)28/h3-5,7-10,16-17,24,37H,6,11-12H2,1-2H3. The zero-order valence-electron chi connectivity index (χ0n) is 20.5. The van der Waals surface area contributed by atoms with Crippen LogP contribution in [0.1, 0.15) is 51.5 Å². The van der Waals surface area contributed by atoms with Crippen LogP contribution >= 0.6 is 0 Å². The number of amides is 1. The number of benzene rings is 1. The molecule has 3 aromatic heterocycles. The Morgan fingerprint density at radius 2 is 1.84 bits per heavy atom. The van der Waals surface area contributed by atoms with Crippen molar-refractivity contribution in [2.75, 3.05) is 27.2 Å². The summed E-state index contributed by atoms with van der Waals surface area (Å²) in [5.41, 5.74) is 2.63. The Morgan fingerprint density at radius 3 is 2.55 bits per heavy atom. The first-order valence-corrected chi connectivity index (χ1v) is 12.2. The number of ether oxygens (including phenoxy) is 1. The molecule has 2 atom stereocenters. The molecule has 10 nitrogen and oxygen atoms in total. The molecule has 2 unspecified atom stereocenters. The molecule has 2 aliphatic heterocycles. The van der Waals surface area contributed by atoms with E-state index < -0.39 is 18.1 Å². The first-order valence-electron chi connectivity index (χ1n) is 12.2. The monoisotopic (exact) mass is 519 g/mol.